The Kier molecular flexibility index (Phi) is 2.52. The number of H-pyrrole nitrogens is 1. The molecule has 0 fully saturated rings. The van der Waals surface area contributed by atoms with Gasteiger partial charge in [0.15, 0.2) is 0 Å². The average molecular weight is 241 g/mol. The van der Waals surface area contributed by atoms with Gasteiger partial charge in [-0.1, -0.05) is 6.08 Å². The first kappa shape index (κ1) is 11.5. The zero-order chi connectivity index (χ0) is 12.8. The van der Waals surface area contributed by atoms with E-state index < -0.39 is 0 Å². The number of allylic oxidation sites excluding steroid dienone is 1. The molecule has 3 N–H and O–H groups in total. The molecule has 0 saturated heterocycles. The third kappa shape index (κ3) is 1.95. The van der Waals surface area contributed by atoms with E-state index in [1.807, 2.05) is 6.20 Å². The van der Waals surface area contributed by atoms with Crippen molar-refractivity contribution in [2.24, 2.45) is 5.73 Å². The summed E-state index contributed by atoms with van der Waals surface area (Å²) in [5.41, 5.74) is 11.3. The van der Waals surface area contributed by atoms with Gasteiger partial charge in [0.2, 0.25) is 0 Å². The maximum atomic E-state index is 6.17. The quantitative estimate of drug-likeness (QED) is 0.805. The largest absolute Gasteiger partial charge is 0.325 e. The molecule has 0 spiro atoms. The van der Waals surface area contributed by atoms with E-state index in [1.165, 1.54) is 22.1 Å². The third-order valence-electron chi connectivity index (χ3n) is 3.91. The lowest BCUT2D eigenvalue weighted by atomic mass is 9.82. The van der Waals surface area contributed by atoms with Crippen LogP contribution in [0.5, 0.6) is 0 Å². The van der Waals surface area contributed by atoms with Crippen LogP contribution in [0.2, 0.25) is 0 Å². The van der Waals surface area contributed by atoms with Crippen LogP contribution in [0.25, 0.3) is 16.5 Å². The molecule has 1 aliphatic rings. The molecular formula is C15H19N3. The average Bonchev–Trinajstić information content (AvgIpc) is 2.75. The number of nitrogens with zero attached hydrogens (tertiary/aromatic N) is 1. The second-order valence-corrected chi connectivity index (χ2v) is 5.71. The lowest BCUT2D eigenvalue weighted by Crippen LogP contribution is -2.37. The summed E-state index contributed by atoms with van der Waals surface area (Å²) in [5, 5.41) is 8.31. The van der Waals surface area contributed by atoms with Crippen molar-refractivity contribution in [1.82, 2.24) is 10.2 Å². The van der Waals surface area contributed by atoms with Gasteiger partial charge in [-0.3, -0.25) is 5.10 Å². The van der Waals surface area contributed by atoms with Crippen molar-refractivity contribution in [2.45, 2.75) is 38.6 Å². The Morgan fingerprint density at radius 2 is 2.22 bits per heavy atom. The zero-order valence-corrected chi connectivity index (χ0v) is 11.0. The standard InChI is InChI=1S/C15H19N3/c1-10-7-12-9-17-18-14(12)8-13(10)11-3-5-15(2,16)6-4-11/h3,7-9H,4-6,16H2,1-2H3,(H,17,18). The monoisotopic (exact) mass is 241 g/mol. The lowest BCUT2D eigenvalue weighted by Gasteiger charge is -2.29. The van der Waals surface area contributed by atoms with E-state index in [0.29, 0.717) is 0 Å². The molecule has 3 heteroatoms. The zero-order valence-electron chi connectivity index (χ0n) is 11.0. The van der Waals surface area contributed by atoms with Gasteiger partial charge < -0.3 is 5.73 Å². The van der Waals surface area contributed by atoms with Gasteiger partial charge in [-0.15, -0.1) is 0 Å². The summed E-state index contributed by atoms with van der Waals surface area (Å²) < 4.78 is 0. The van der Waals surface area contributed by atoms with Crippen LogP contribution < -0.4 is 5.73 Å². The summed E-state index contributed by atoms with van der Waals surface area (Å²) in [5.74, 6) is 0. The van der Waals surface area contributed by atoms with Gasteiger partial charge in [0.05, 0.1) is 11.7 Å². The van der Waals surface area contributed by atoms with Crippen molar-refractivity contribution < 1.29 is 0 Å². The van der Waals surface area contributed by atoms with Crippen LogP contribution in [-0.4, -0.2) is 15.7 Å². The van der Waals surface area contributed by atoms with Crippen LogP contribution in [0.3, 0.4) is 0 Å². The van der Waals surface area contributed by atoms with Crippen molar-refractivity contribution in [3.63, 3.8) is 0 Å². The van der Waals surface area contributed by atoms with Crippen LogP contribution in [0.1, 0.15) is 37.3 Å². The van der Waals surface area contributed by atoms with E-state index in [9.17, 15) is 0 Å². The summed E-state index contributed by atoms with van der Waals surface area (Å²) in [6.07, 6.45) is 7.25. The fourth-order valence-corrected chi connectivity index (χ4v) is 2.68. The molecule has 0 saturated carbocycles. The first-order valence-corrected chi connectivity index (χ1v) is 6.47. The molecule has 1 aliphatic carbocycles. The van der Waals surface area contributed by atoms with Gasteiger partial charge >= 0.3 is 0 Å². The molecule has 18 heavy (non-hydrogen) atoms. The summed E-state index contributed by atoms with van der Waals surface area (Å²) in [6, 6.07) is 4.41. The van der Waals surface area contributed by atoms with Crippen LogP contribution >= 0.6 is 0 Å². The molecule has 1 atom stereocenters. The van der Waals surface area contributed by atoms with Gasteiger partial charge in [-0.05, 0) is 61.9 Å². The Balaban J connectivity index is 2.04. The molecule has 0 aliphatic heterocycles. The lowest BCUT2D eigenvalue weighted by molar-refractivity contribution is 0.432. The van der Waals surface area contributed by atoms with Crippen molar-refractivity contribution in [1.29, 1.82) is 0 Å². The number of aromatic nitrogens is 2. The topological polar surface area (TPSA) is 54.7 Å². The number of benzene rings is 1. The molecule has 0 radical (unpaired) electrons. The predicted molar refractivity (Wildman–Crippen MR) is 75.3 cm³/mol. The van der Waals surface area contributed by atoms with E-state index in [0.717, 1.165) is 24.8 Å². The van der Waals surface area contributed by atoms with Crippen LogP contribution in [0.4, 0.5) is 0 Å². The third-order valence-corrected chi connectivity index (χ3v) is 3.91. The molecule has 0 bridgehead atoms. The van der Waals surface area contributed by atoms with E-state index in [1.54, 1.807) is 0 Å². The first-order valence-electron chi connectivity index (χ1n) is 6.47. The summed E-state index contributed by atoms with van der Waals surface area (Å²) in [6.45, 7) is 4.30. The molecule has 1 heterocycles. The fourth-order valence-electron chi connectivity index (χ4n) is 2.68. The summed E-state index contributed by atoms with van der Waals surface area (Å²) >= 11 is 0. The highest BCUT2D eigenvalue weighted by Gasteiger charge is 2.23. The van der Waals surface area contributed by atoms with Crippen LogP contribution in [0.15, 0.2) is 24.4 Å². The Bertz CT molecular complexity index is 620. The first-order chi connectivity index (χ1) is 8.55. The SMILES string of the molecule is Cc1cc2cn[nH]c2cc1C1=CCC(C)(N)CC1. The number of aromatic amines is 1. The Hall–Kier alpha value is -1.61. The van der Waals surface area contributed by atoms with Gasteiger partial charge in [0.25, 0.3) is 0 Å². The summed E-state index contributed by atoms with van der Waals surface area (Å²) in [7, 11) is 0. The number of nitrogens with one attached hydrogen (secondary N) is 1. The van der Waals surface area contributed by atoms with Gasteiger partial charge in [0, 0.05) is 10.9 Å². The molecule has 1 aromatic heterocycles. The van der Waals surface area contributed by atoms with Crippen LogP contribution in [-0.2, 0) is 0 Å². The highest BCUT2D eigenvalue weighted by Crippen LogP contribution is 2.33. The van der Waals surface area contributed by atoms with Gasteiger partial charge in [0.1, 0.15) is 0 Å². The second-order valence-electron chi connectivity index (χ2n) is 5.71. The number of aryl methyl sites for hydroxylation is 1. The number of hydrogen-bond acceptors (Lipinski definition) is 2. The van der Waals surface area contributed by atoms with Gasteiger partial charge in [-0.2, -0.15) is 5.10 Å². The highest BCUT2D eigenvalue weighted by atomic mass is 15.1. The molecule has 94 valence electrons. The molecule has 2 aromatic rings. The molecule has 1 aromatic carbocycles. The van der Waals surface area contributed by atoms with Crippen molar-refractivity contribution >= 4 is 16.5 Å². The minimum Gasteiger partial charge on any atom is -0.325 e. The molecule has 3 nitrogen and oxygen atoms in total. The minimum absolute atomic E-state index is 0.0322. The van der Waals surface area contributed by atoms with Crippen molar-refractivity contribution in [3.8, 4) is 0 Å². The normalized spacial score (nSPS) is 24.3. The van der Waals surface area contributed by atoms with E-state index in [-0.39, 0.29) is 5.54 Å². The molecule has 3 rings (SSSR count). The number of hydrogen-bond donors (Lipinski definition) is 2. The number of nitrogens with two attached hydrogens (primary N) is 1. The molecular weight excluding hydrogens is 222 g/mol. The Morgan fingerprint density at radius 3 is 2.94 bits per heavy atom. The van der Waals surface area contributed by atoms with E-state index >= 15 is 0 Å². The minimum atomic E-state index is -0.0322. The maximum Gasteiger partial charge on any atom is 0.0656 e. The van der Waals surface area contributed by atoms with Crippen molar-refractivity contribution in [2.75, 3.05) is 0 Å². The number of rotatable bonds is 1. The molecule has 0 amide bonds. The summed E-state index contributed by atoms with van der Waals surface area (Å²) in [4.78, 5) is 0. The molecule has 1 unspecified atom stereocenters. The fraction of sp³-hybridized carbons (Fsp3) is 0.400. The highest BCUT2D eigenvalue weighted by molar-refractivity contribution is 5.84. The number of fused-ring (bicyclic) bond motifs is 1. The Morgan fingerprint density at radius 1 is 1.39 bits per heavy atom. The second kappa shape index (κ2) is 3.95. The van der Waals surface area contributed by atoms with Crippen LogP contribution in [0, 0.1) is 6.92 Å². The van der Waals surface area contributed by atoms with Gasteiger partial charge in [-0.25, -0.2) is 0 Å². The predicted octanol–water partition coefficient (Wildman–Crippen LogP) is 3.16. The van der Waals surface area contributed by atoms with E-state index in [4.69, 9.17) is 5.73 Å². The van der Waals surface area contributed by atoms with Crippen molar-refractivity contribution in [3.05, 3.63) is 35.5 Å². The van der Waals surface area contributed by atoms with E-state index in [2.05, 4.69) is 42.3 Å². The smallest absolute Gasteiger partial charge is 0.0656 e. The maximum absolute atomic E-state index is 6.17. The Labute approximate surface area is 107 Å².